The molecule has 0 aromatic rings. The van der Waals surface area contributed by atoms with Gasteiger partial charge in [-0.3, -0.25) is 0 Å². The normalized spacial score (nSPS) is 57.3. The highest BCUT2D eigenvalue weighted by atomic mass is 79.9. The number of hydrogen-bond donors (Lipinski definition) is 3. The molecule has 0 aromatic carbocycles. The lowest BCUT2D eigenvalue weighted by atomic mass is 9.48. The molecule has 0 spiro atoms. The molecule has 3 saturated carbocycles. The summed E-state index contributed by atoms with van der Waals surface area (Å²) in [7, 11) is 0. The van der Waals surface area contributed by atoms with Crippen molar-refractivity contribution in [3.05, 3.63) is 11.6 Å². The maximum Gasteiger partial charge on any atom is 0.0609 e. The number of fused-ring (bicyclic) bond motifs is 5. The van der Waals surface area contributed by atoms with Gasteiger partial charge in [-0.05, 0) is 60.2 Å². The van der Waals surface area contributed by atoms with Crippen LogP contribution in [0.1, 0.15) is 52.9 Å². The largest absolute Gasteiger partial charge is 0.395 e. The third-order valence-electron chi connectivity index (χ3n) is 8.40. The lowest BCUT2D eigenvalue weighted by Gasteiger charge is -2.58. The Morgan fingerprint density at radius 2 is 1.88 bits per heavy atom. The minimum atomic E-state index is -0.291. The van der Waals surface area contributed by atoms with Crippen molar-refractivity contribution in [2.45, 2.75) is 69.9 Å². The van der Waals surface area contributed by atoms with Crippen LogP contribution in [0.5, 0.6) is 0 Å². The van der Waals surface area contributed by atoms with E-state index in [-0.39, 0.29) is 45.8 Å². The second kappa shape index (κ2) is 5.31. The average molecular weight is 399 g/mol. The molecule has 0 saturated heterocycles. The molecular weight excluding hydrogens is 368 g/mol. The lowest BCUT2D eigenvalue weighted by molar-refractivity contribution is -0.0790. The Morgan fingerprint density at radius 3 is 2.54 bits per heavy atom. The third kappa shape index (κ3) is 2.19. The topological polar surface area (TPSA) is 60.7 Å². The summed E-state index contributed by atoms with van der Waals surface area (Å²) in [5.74, 6) is 1.09. The van der Waals surface area contributed by atoms with Crippen LogP contribution in [-0.4, -0.2) is 39.0 Å². The van der Waals surface area contributed by atoms with Crippen LogP contribution in [0.2, 0.25) is 0 Å². The predicted octanol–water partition coefficient (Wildman–Crippen LogP) is 3.26. The highest BCUT2D eigenvalue weighted by Gasteiger charge is 2.69. The van der Waals surface area contributed by atoms with Crippen molar-refractivity contribution < 1.29 is 15.3 Å². The summed E-state index contributed by atoms with van der Waals surface area (Å²) in [6.07, 6.45) is 6.54. The van der Waals surface area contributed by atoms with Gasteiger partial charge in [0.2, 0.25) is 0 Å². The Balaban J connectivity index is 1.71. The molecule has 3 nitrogen and oxygen atoms in total. The first-order chi connectivity index (χ1) is 11.2. The molecule has 0 radical (unpaired) electrons. The molecule has 3 fully saturated rings. The average Bonchev–Trinajstić information content (AvgIpc) is 3.23. The van der Waals surface area contributed by atoms with Gasteiger partial charge in [-0.25, -0.2) is 0 Å². The lowest BCUT2D eigenvalue weighted by Crippen LogP contribution is -2.54. The minimum absolute atomic E-state index is 0.0212. The first kappa shape index (κ1) is 17.5. The Kier molecular flexibility index (Phi) is 3.87. The summed E-state index contributed by atoms with van der Waals surface area (Å²) in [6, 6.07) is 0. The van der Waals surface area contributed by atoms with E-state index in [0.717, 1.165) is 32.1 Å². The molecule has 4 heteroatoms. The minimum Gasteiger partial charge on any atom is -0.395 e. The van der Waals surface area contributed by atoms with Gasteiger partial charge in [0.1, 0.15) is 0 Å². The van der Waals surface area contributed by atoms with Crippen molar-refractivity contribution in [3.8, 4) is 0 Å². The van der Waals surface area contributed by atoms with E-state index in [1.54, 1.807) is 0 Å². The number of halogens is 1. The van der Waals surface area contributed by atoms with Gasteiger partial charge < -0.3 is 15.3 Å². The molecule has 4 rings (SSSR count). The van der Waals surface area contributed by atoms with Crippen molar-refractivity contribution in [2.75, 3.05) is 6.61 Å². The van der Waals surface area contributed by atoms with Gasteiger partial charge in [-0.2, -0.15) is 0 Å². The van der Waals surface area contributed by atoms with E-state index in [1.807, 2.05) is 0 Å². The van der Waals surface area contributed by atoms with Crippen LogP contribution in [0.3, 0.4) is 0 Å². The van der Waals surface area contributed by atoms with E-state index in [4.69, 9.17) is 0 Å². The summed E-state index contributed by atoms with van der Waals surface area (Å²) < 4.78 is 0. The number of allylic oxidation sites excluding steroid dienone is 1. The number of aliphatic hydroxyl groups excluding tert-OH is 3. The third-order valence-corrected chi connectivity index (χ3v) is 9.80. The summed E-state index contributed by atoms with van der Waals surface area (Å²) in [5, 5.41) is 31.2. The van der Waals surface area contributed by atoms with Gasteiger partial charge in [0, 0.05) is 10.7 Å². The molecule has 4 aliphatic carbocycles. The predicted molar refractivity (Wildman–Crippen MR) is 97.8 cm³/mol. The standard InChI is InChI=1S/C20H31BrO3/c1-18(17(21)10-22)5-4-12-11(7-18)14(23)6-16-19(2)8-13(19)15(24)9-20(12,16)3/h4,11,13-17,22-24H,5-10H2,1-3H3/t11-,13+,14-,15-,16-,17+,18+,19+,20+/m1/s1. The summed E-state index contributed by atoms with van der Waals surface area (Å²) in [4.78, 5) is 0.0582. The van der Waals surface area contributed by atoms with E-state index in [1.165, 1.54) is 5.57 Å². The van der Waals surface area contributed by atoms with E-state index in [2.05, 4.69) is 42.8 Å². The molecule has 0 unspecified atom stereocenters. The van der Waals surface area contributed by atoms with Crippen molar-refractivity contribution in [1.82, 2.24) is 0 Å². The number of alkyl halides is 1. The summed E-state index contributed by atoms with van der Waals surface area (Å²) in [6.45, 7) is 7.00. The van der Waals surface area contributed by atoms with Crippen LogP contribution >= 0.6 is 15.9 Å². The Bertz CT molecular complexity index is 577. The maximum absolute atomic E-state index is 11.0. The van der Waals surface area contributed by atoms with Crippen LogP contribution in [0, 0.1) is 34.0 Å². The number of hydrogen-bond acceptors (Lipinski definition) is 3. The Hall–Kier alpha value is 0.100. The van der Waals surface area contributed by atoms with Crippen molar-refractivity contribution in [1.29, 1.82) is 0 Å². The molecule has 9 atom stereocenters. The van der Waals surface area contributed by atoms with Crippen LogP contribution < -0.4 is 0 Å². The molecule has 0 heterocycles. The zero-order valence-electron chi connectivity index (χ0n) is 15.0. The molecule has 4 aliphatic rings. The van der Waals surface area contributed by atoms with Gasteiger partial charge in [-0.1, -0.05) is 48.4 Å². The van der Waals surface area contributed by atoms with Crippen LogP contribution in [-0.2, 0) is 0 Å². The highest BCUT2D eigenvalue weighted by molar-refractivity contribution is 9.09. The molecule has 0 bridgehead atoms. The highest BCUT2D eigenvalue weighted by Crippen LogP contribution is 2.73. The molecule has 0 aliphatic heterocycles. The first-order valence-corrected chi connectivity index (χ1v) is 10.4. The van der Waals surface area contributed by atoms with Crippen LogP contribution in [0.25, 0.3) is 0 Å². The molecule has 24 heavy (non-hydrogen) atoms. The van der Waals surface area contributed by atoms with Gasteiger partial charge in [0.05, 0.1) is 18.8 Å². The second-order valence-electron chi connectivity index (χ2n) is 9.84. The van der Waals surface area contributed by atoms with Gasteiger partial charge >= 0.3 is 0 Å². The van der Waals surface area contributed by atoms with Gasteiger partial charge in [-0.15, -0.1) is 0 Å². The fourth-order valence-corrected chi connectivity index (χ4v) is 7.13. The number of aliphatic hydroxyl groups is 3. The van der Waals surface area contributed by atoms with Crippen molar-refractivity contribution >= 4 is 15.9 Å². The zero-order valence-corrected chi connectivity index (χ0v) is 16.6. The maximum atomic E-state index is 11.0. The fraction of sp³-hybridized carbons (Fsp3) is 0.900. The summed E-state index contributed by atoms with van der Waals surface area (Å²) >= 11 is 3.65. The molecule has 136 valence electrons. The Morgan fingerprint density at radius 1 is 1.17 bits per heavy atom. The van der Waals surface area contributed by atoms with E-state index >= 15 is 0 Å². The zero-order chi connectivity index (χ0) is 17.5. The molecule has 3 N–H and O–H groups in total. The van der Waals surface area contributed by atoms with E-state index in [0.29, 0.717) is 11.8 Å². The van der Waals surface area contributed by atoms with Crippen LogP contribution in [0.15, 0.2) is 11.6 Å². The second-order valence-corrected chi connectivity index (χ2v) is 10.9. The van der Waals surface area contributed by atoms with Gasteiger partial charge in [0.15, 0.2) is 0 Å². The molecular formula is C20H31BrO3. The first-order valence-electron chi connectivity index (χ1n) is 9.47. The number of rotatable bonds is 2. The smallest absolute Gasteiger partial charge is 0.0609 e. The fourth-order valence-electron chi connectivity index (χ4n) is 6.76. The molecule has 0 amide bonds. The van der Waals surface area contributed by atoms with E-state index in [9.17, 15) is 15.3 Å². The van der Waals surface area contributed by atoms with Crippen LogP contribution in [0.4, 0.5) is 0 Å². The molecule has 0 aromatic heterocycles. The van der Waals surface area contributed by atoms with Crippen molar-refractivity contribution in [2.24, 2.45) is 34.0 Å². The van der Waals surface area contributed by atoms with Crippen molar-refractivity contribution in [3.63, 3.8) is 0 Å². The van der Waals surface area contributed by atoms with Gasteiger partial charge in [0.25, 0.3) is 0 Å². The Labute approximate surface area is 153 Å². The summed E-state index contributed by atoms with van der Waals surface area (Å²) in [5.41, 5.74) is 1.61. The SMILES string of the molecule is C[C@]1([C@@H](Br)CO)CC=C2[C@@H](C1)[C@H](O)C[C@@H]1[C@@]3(C)C[C@H]3[C@H](O)C[C@@]21C. The van der Waals surface area contributed by atoms with E-state index < -0.39 is 0 Å². The monoisotopic (exact) mass is 398 g/mol. The quantitative estimate of drug-likeness (QED) is 0.494.